The summed E-state index contributed by atoms with van der Waals surface area (Å²) in [5, 5.41) is 0. The lowest BCUT2D eigenvalue weighted by Gasteiger charge is -2.16. The summed E-state index contributed by atoms with van der Waals surface area (Å²) in [7, 11) is -3.60. The Bertz CT molecular complexity index is 746. The minimum absolute atomic E-state index is 0.242. The van der Waals surface area contributed by atoms with E-state index < -0.39 is 10.0 Å². The van der Waals surface area contributed by atoms with Gasteiger partial charge in [-0.25, -0.2) is 13.1 Å². The predicted molar refractivity (Wildman–Crippen MR) is 91.8 cm³/mol. The first-order valence-electron chi connectivity index (χ1n) is 6.34. The van der Waals surface area contributed by atoms with Gasteiger partial charge in [-0.3, -0.25) is 0 Å². The van der Waals surface area contributed by atoms with E-state index in [1.165, 1.54) is 0 Å². The minimum Gasteiger partial charge on any atom is -0.207 e. The van der Waals surface area contributed by atoms with Gasteiger partial charge in [0.25, 0.3) is 0 Å². The number of nitrogens with one attached hydrogen (secondary N) is 1. The molecule has 0 spiro atoms. The van der Waals surface area contributed by atoms with Crippen LogP contribution in [0.5, 0.6) is 0 Å². The van der Waals surface area contributed by atoms with Crippen LogP contribution < -0.4 is 4.72 Å². The summed E-state index contributed by atoms with van der Waals surface area (Å²) in [6.45, 7) is 3.68. The predicted octanol–water partition coefficient (Wildman–Crippen LogP) is 4.56. The molecule has 2 rings (SSSR count). The van der Waals surface area contributed by atoms with Crippen LogP contribution in [-0.4, -0.2) is 8.42 Å². The molecule has 0 aliphatic carbocycles. The Labute approximate surface area is 142 Å². The third-order valence-corrected chi connectivity index (χ3v) is 6.49. The van der Waals surface area contributed by atoms with Gasteiger partial charge in [0.05, 0.1) is 4.90 Å². The number of sulfonamides is 1. The molecule has 2 aromatic rings. The first kappa shape index (κ1) is 16.7. The Balaban J connectivity index is 2.33. The largest absolute Gasteiger partial charge is 0.242 e. The maximum Gasteiger partial charge on any atom is 0.242 e. The van der Waals surface area contributed by atoms with Crippen molar-refractivity contribution in [1.29, 1.82) is 0 Å². The van der Waals surface area contributed by atoms with E-state index in [1.807, 2.05) is 44.2 Å². The second-order valence-electron chi connectivity index (χ2n) is 4.79. The van der Waals surface area contributed by atoms with E-state index >= 15 is 0 Å². The summed E-state index contributed by atoms with van der Waals surface area (Å²) in [5.74, 6) is 0. The third-order valence-electron chi connectivity index (χ3n) is 3.13. The Hall–Kier alpha value is -0.690. The normalized spacial score (nSPS) is 13.1. The van der Waals surface area contributed by atoms with Crippen LogP contribution in [0.4, 0.5) is 0 Å². The standard InChI is InChI=1S/C15H15Br2NO2S/c1-10-8-15(14(17)9-13(10)16)21(19,20)18-11(2)12-6-4-3-5-7-12/h3-9,11,18H,1-2H3. The fraction of sp³-hybridized carbons (Fsp3) is 0.200. The molecule has 1 N–H and O–H groups in total. The molecule has 0 amide bonds. The van der Waals surface area contributed by atoms with Crippen LogP contribution in [-0.2, 0) is 10.0 Å². The minimum atomic E-state index is -3.60. The van der Waals surface area contributed by atoms with Crippen molar-refractivity contribution in [2.24, 2.45) is 0 Å². The summed E-state index contributed by atoms with van der Waals surface area (Å²) >= 11 is 6.70. The molecule has 6 heteroatoms. The van der Waals surface area contributed by atoms with E-state index in [4.69, 9.17) is 0 Å². The van der Waals surface area contributed by atoms with Crippen molar-refractivity contribution in [2.75, 3.05) is 0 Å². The highest BCUT2D eigenvalue weighted by Crippen LogP contribution is 2.29. The molecule has 2 aromatic carbocycles. The number of benzene rings is 2. The molecule has 1 unspecified atom stereocenters. The number of aryl methyl sites for hydroxylation is 1. The fourth-order valence-corrected chi connectivity index (χ4v) is 4.95. The summed E-state index contributed by atoms with van der Waals surface area (Å²) in [6, 6.07) is 12.6. The highest BCUT2D eigenvalue weighted by Gasteiger charge is 2.21. The van der Waals surface area contributed by atoms with E-state index in [0.29, 0.717) is 4.47 Å². The molecule has 1 atom stereocenters. The van der Waals surface area contributed by atoms with Crippen molar-refractivity contribution in [3.63, 3.8) is 0 Å². The van der Waals surface area contributed by atoms with Crippen LogP contribution in [0.2, 0.25) is 0 Å². The van der Waals surface area contributed by atoms with E-state index in [-0.39, 0.29) is 10.9 Å². The maximum absolute atomic E-state index is 12.5. The van der Waals surface area contributed by atoms with Crippen LogP contribution in [0.15, 0.2) is 56.3 Å². The molecule has 0 fully saturated rings. The fourth-order valence-electron chi connectivity index (χ4n) is 1.94. The number of hydrogen-bond acceptors (Lipinski definition) is 2. The highest BCUT2D eigenvalue weighted by molar-refractivity contribution is 9.11. The van der Waals surface area contributed by atoms with Gasteiger partial charge in [-0.05, 0) is 53.0 Å². The molecule has 0 aromatic heterocycles. The lowest BCUT2D eigenvalue weighted by atomic mass is 10.1. The zero-order valence-electron chi connectivity index (χ0n) is 11.6. The Morgan fingerprint density at radius 3 is 2.29 bits per heavy atom. The number of rotatable bonds is 4. The van der Waals surface area contributed by atoms with Gasteiger partial charge in [-0.2, -0.15) is 0 Å². The summed E-state index contributed by atoms with van der Waals surface area (Å²) in [4.78, 5) is 0.242. The van der Waals surface area contributed by atoms with Gasteiger partial charge in [-0.1, -0.05) is 46.3 Å². The molecule has 0 bridgehead atoms. The quantitative estimate of drug-likeness (QED) is 0.769. The van der Waals surface area contributed by atoms with Gasteiger partial charge in [-0.15, -0.1) is 0 Å². The second kappa shape index (κ2) is 6.60. The molecular weight excluding hydrogens is 418 g/mol. The Morgan fingerprint density at radius 2 is 1.67 bits per heavy atom. The summed E-state index contributed by atoms with van der Waals surface area (Å²) < 4.78 is 29.2. The van der Waals surface area contributed by atoms with Gasteiger partial charge < -0.3 is 0 Å². The average molecular weight is 433 g/mol. The molecule has 0 saturated carbocycles. The van der Waals surface area contributed by atoms with Crippen molar-refractivity contribution in [1.82, 2.24) is 4.72 Å². The topological polar surface area (TPSA) is 46.2 Å². The molecule has 21 heavy (non-hydrogen) atoms. The Kier molecular flexibility index (Phi) is 5.24. The molecule has 112 valence electrons. The van der Waals surface area contributed by atoms with Gasteiger partial charge in [0.2, 0.25) is 10.0 Å². The van der Waals surface area contributed by atoms with Crippen LogP contribution in [0.3, 0.4) is 0 Å². The van der Waals surface area contributed by atoms with Gasteiger partial charge in [0.1, 0.15) is 0 Å². The van der Waals surface area contributed by atoms with Gasteiger partial charge in [0, 0.05) is 15.0 Å². The van der Waals surface area contributed by atoms with Crippen molar-refractivity contribution in [2.45, 2.75) is 24.8 Å². The highest BCUT2D eigenvalue weighted by atomic mass is 79.9. The van der Waals surface area contributed by atoms with Crippen molar-refractivity contribution in [3.8, 4) is 0 Å². The van der Waals surface area contributed by atoms with Crippen molar-refractivity contribution in [3.05, 3.63) is 62.5 Å². The molecule has 0 aliphatic rings. The van der Waals surface area contributed by atoms with Crippen LogP contribution in [0.1, 0.15) is 24.1 Å². The maximum atomic E-state index is 12.5. The molecule has 0 heterocycles. The van der Waals surface area contributed by atoms with Crippen molar-refractivity contribution < 1.29 is 8.42 Å². The van der Waals surface area contributed by atoms with Gasteiger partial charge in [0.15, 0.2) is 0 Å². The van der Waals surface area contributed by atoms with Gasteiger partial charge >= 0.3 is 0 Å². The Morgan fingerprint density at radius 1 is 1.05 bits per heavy atom. The van der Waals surface area contributed by atoms with E-state index in [1.54, 1.807) is 12.1 Å². The van der Waals surface area contributed by atoms with Crippen LogP contribution in [0, 0.1) is 6.92 Å². The molecular formula is C15H15Br2NO2S. The first-order valence-corrected chi connectivity index (χ1v) is 9.41. The molecule has 0 aliphatic heterocycles. The second-order valence-corrected chi connectivity index (χ2v) is 8.18. The summed E-state index contributed by atoms with van der Waals surface area (Å²) in [5.41, 5.74) is 1.79. The number of hydrogen-bond donors (Lipinski definition) is 1. The molecule has 3 nitrogen and oxygen atoms in total. The SMILES string of the molecule is Cc1cc(S(=O)(=O)NC(C)c2ccccc2)c(Br)cc1Br. The number of halogens is 2. The average Bonchev–Trinajstić information content (AvgIpc) is 2.43. The zero-order chi connectivity index (χ0) is 15.6. The summed E-state index contributed by atoms with van der Waals surface area (Å²) in [6.07, 6.45) is 0. The van der Waals surface area contributed by atoms with E-state index in [2.05, 4.69) is 36.6 Å². The van der Waals surface area contributed by atoms with Crippen LogP contribution >= 0.6 is 31.9 Å². The third kappa shape index (κ3) is 3.94. The zero-order valence-corrected chi connectivity index (χ0v) is 15.6. The molecule has 0 radical (unpaired) electrons. The van der Waals surface area contributed by atoms with E-state index in [0.717, 1.165) is 15.6 Å². The van der Waals surface area contributed by atoms with Crippen molar-refractivity contribution >= 4 is 41.9 Å². The van der Waals surface area contributed by atoms with E-state index in [9.17, 15) is 8.42 Å². The lowest BCUT2D eigenvalue weighted by molar-refractivity contribution is 0.566. The molecule has 0 saturated heterocycles. The smallest absolute Gasteiger partial charge is 0.207 e. The monoisotopic (exact) mass is 431 g/mol. The lowest BCUT2D eigenvalue weighted by Crippen LogP contribution is -2.27. The van der Waals surface area contributed by atoms with Crippen LogP contribution in [0.25, 0.3) is 0 Å². The first-order chi connectivity index (χ1) is 9.81.